The molecule has 2 aromatic carbocycles. The van der Waals surface area contributed by atoms with Crippen molar-refractivity contribution in [2.45, 2.75) is 10.6 Å². The van der Waals surface area contributed by atoms with Gasteiger partial charge in [-0.1, -0.05) is 36.4 Å². The topological polar surface area (TPSA) is 59.1 Å². The van der Waals surface area contributed by atoms with Crippen LogP contribution in [0.1, 0.15) is 11.1 Å². The molecule has 0 spiro atoms. The molecule has 0 aliphatic rings. The van der Waals surface area contributed by atoms with Crippen LogP contribution in [0.4, 0.5) is 0 Å². The van der Waals surface area contributed by atoms with Crippen molar-refractivity contribution in [3.8, 4) is 5.75 Å². The molecule has 0 aromatic heterocycles. The Bertz CT molecular complexity index is 584. The molecule has 0 saturated carbocycles. The average Bonchev–Trinajstić information content (AvgIpc) is 2.45. The van der Waals surface area contributed by atoms with Gasteiger partial charge in [-0.05, 0) is 17.7 Å². The van der Waals surface area contributed by atoms with Gasteiger partial charge in [-0.25, -0.2) is 0 Å². The van der Waals surface area contributed by atoms with Crippen LogP contribution in [-0.4, -0.2) is 12.9 Å². The van der Waals surface area contributed by atoms with Gasteiger partial charge in [0.1, 0.15) is 11.6 Å². The second-order valence-electron chi connectivity index (χ2n) is 4.01. The van der Waals surface area contributed by atoms with Crippen molar-refractivity contribution < 1.29 is 4.74 Å². The third kappa shape index (κ3) is 3.29. The van der Waals surface area contributed by atoms with Crippen LogP contribution in [0.15, 0.2) is 53.4 Å². The number of nitrogens with two attached hydrogens (primary N) is 1. The number of hydrogen-bond donors (Lipinski definition) is 2. The Morgan fingerprint density at radius 1 is 1.16 bits per heavy atom. The normalized spacial score (nSPS) is 10.2. The molecule has 0 aliphatic heterocycles. The van der Waals surface area contributed by atoms with E-state index in [1.54, 1.807) is 18.9 Å². The first kappa shape index (κ1) is 13.5. The first-order valence-electron chi connectivity index (χ1n) is 5.90. The summed E-state index contributed by atoms with van der Waals surface area (Å²) in [7, 11) is 1.67. The lowest BCUT2D eigenvalue weighted by Gasteiger charge is -2.10. The molecule has 0 fully saturated rings. The highest BCUT2D eigenvalue weighted by Gasteiger charge is 2.07. The SMILES string of the molecule is COc1ccccc1SCc1ccccc1C(=N)N. The molecule has 0 unspecified atom stereocenters. The maximum Gasteiger partial charge on any atom is 0.132 e. The fourth-order valence-electron chi connectivity index (χ4n) is 1.80. The van der Waals surface area contributed by atoms with Crippen LogP contribution in [0.3, 0.4) is 0 Å². The average molecular weight is 272 g/mol. The number of nitrogens with one attached hydrogen (secondary N) is 1. The molecule has 0 bridgehead atoms. The maximum absolute atomic E-state index is 7.58. The summed E-state index contributed by atoms with van der Waals surface area (Å²) >= 11 is 1.68. The number of hydrogen-bond acceptors (Lipinski definition) is 3. The minimum Gasteiger partial charge on any atom is -0.496 e. The van der Waals surface area contributed by atoms with Crippen molar-refractivity contribution in [2.75, 3.05) is 7.11 Å². The Labute approximate surface area is 117 Å². The van der Waals surface area contributed by atoms with Crippen LogP contribution in [0.25, 0.3) is 0 Å². The van der Waals surface area contributed by atoms with E-state index < -0.39 is 0 Å². The van der Waals surface area contributed by atoms with Gasteiger partial charge in [0.15, 0.2) is 0 Å². The first-order chi connectivity index (χ1) is 9.22. The predicted octanol–water partition coefficient (Wildman–Crippen LogP) is 3.27. The van der Waals surface area contributed by atoms with E-state index in [9.17, 15) is 0 Å². The minimum atomic E-state index is 0.108. The summed E-state index contributed by atoms with van der Waals surface area (Å²) in [5.74, 6) is 1.74. The van der Waals surface area contributed by atoms with Crippen molar-refractivity contribution in [2.24, 2.45) is 5.73 Å². The molecule has 3 N–H and O–H groups in total. The lowest BCUT2D eigenvalue weighted by molar-refractivity contribution is 0.405. The van der Waals surface area contributed by atoms with Gasteiger partial charge in [0, 0.05) is 16.2 Å². The maximum atomic E-state index is 7.58. The van der Waals surface area contributed by atoms with Crippen molar-refractivity contribution in [1.82, 2.24) is 0 Å². The van der Waals surface area contributed by atoms with E-state index in [1.165, 1.54) is 0 Å². The Hall–Kier alpha value is -1.94. The van der Waals surface area contributed by atoms with Crippen LogP contribution in [0, 0.1) is 5.41 Å². The zero-order valence-electron chi connectivity index (χ0n) is 10.7. The smallest absolute Gasteiger partial charge is 0.132 e. The molecule has 19 heavy (non-hydrogen) atoms. The zero-order valence-corrected chi connectivity index (χ0v) is 11.5. The minimum absolute atomic E-state index is 0.108. The lowest BCUT2D eigenvalue weighted by atomic mass is 10.1. The zero-order chi connectivity index (χ0) is 13.7. The van der Waals surface area contributed by atoms with Crippen LogP contribution in [0.2, 0.25) is 0 Å². The second-order valence-corrected chi connectivity index (χ2v) is 5.03. The highest BCUT2D eigenvalue weighted by molar-refractivity contribution is 7.98. The van der Waals surface area contributed by atoms with Crippen LogP contribution in [0.5, 0.6) is 5.75 Å². The van der Waals surface area contributed by atoms with Crippen LogP contribution in [-0.2, 0) is 5.75 Å². The van der Waals surface area contributed by atoms with Gasteiger partial charge in [0.25, 0.3) is 0 Å². The van der Waals surface area contributed by atoms with Gasteiger partial charge in [-0.2, -0.15) is 0 Å². The molecule has 2 rings (SSSR count). The van der Waals surface area contributed by atoms with Crippen molar-refractivity contribution in [1.29, 1.82) is 5.41 Å². The third-order valence-corrected chi connectivity index (χ3v) is 3.86. The van der Waals surface area contributed by atoms with Gasteiger partial charge < -0.3 is 10.5 Å². The number of benzene rings is 2. The number of amidine groups is 1. The highest BCUT2D eigenvalue weighted by atomic mass is 32.2. The summed E-state index contributed by atoms with van der Waals surface area (Å²) in [6.45, 7) is 0. The van der Waals surface area contributed by atoms with Gasteiger partial charge in [0.05, 0.1) is 7.11 Å². The van der Waals surface area contributed by atoms with Crippen LogP contribution >= 0.6 is 11.8 Å². The summed E-state index contributed by atoms with van der Waals surface area (Å²) in [5, 5.41) is 7.58. The number of rotatable bonds is 5. The van der Waals surface area contributed by atoms with E-state index in [1.807, 2.05) is 48.5 Å². The Balaban J connectivity index is 2.17. The van der Waals surface area contributed by atoms with Gasteiger partial charge >= 0.3 is 0 Å². The number of para-hydroxylation sites is 1. The van der Waals surface area contributed by atoms with Crippen molar-refractivity contribution >= 4 is 17.6 Å². The monoisotopic (exact) mass is 272 g/mol. The molecule has 0 amide bonds. The summed E-state index contributed by atoms with van der Waals surface area (Å²) in [4.78, 5) is 1.09. The number of ether oxygens (including phenoxy) is 1. The quantitative estimate of drug-likeness (QED) is 0.499. The summed E-state index contributed by atoms with van der Waals surface area (Å²) in [5.41, 5.74) is 7.45. The van der Waals surface area contributed by atoms with Crippen molar-refractivity contribution in [3.63, 3.8) is 0 Å². The molecule has 0 aliphatic carbocycles. The van der Waals surface area contributed by atoms with Gasteiger partial charge in [-0.3, -0.25) is 5.41 Å². The standard InChI is InChI=1S/C15H16N2OS/c1-18-13-8-4-5-9-14(13)19-10-11-6-2-3-7-12(11)15(16)17/h2-9H,10H2,1H3,(H3,16,17). The molecule has 0 heterocycles. The van der Waals surface area contributed by atoms with Gasteiger partial charge in [-0.15, -0.1) is 11.8 Å². The van der Waals surface area contributed by atoms with E-state index in [4.69, 9.17) is 15.9 Å². The van der Waals surface area contributed by atoms with E-state index in [2.05, 4.69) is 0 Å². The third-order valence-electron chi connectivity index (χ3n) is 2.76. The lowest BCUT2D eigenvalue weighted by Crippen LogP contribution is -2.13. The molecule has 4 heteroatoms. The molecule has 98 valence electrons. The largest absolute Gasteiger partial charge is 0.496 e. The Morgan fingerprint density at radius 2 is 1.84 bits per heavy atom. The van der Waals surface area contributed by atoms with E-state index in [0.29, 0.717) is 0 Å². The fourth-order valence-corrected chi connectivity index (χ4v) is 2.83. The molecule has 0 saturated heterocycles. The molecular weight excluding hydrogens is 256 g/mol. The number of nitrogen functional groups attached to an aromatic ring is 1. The molecule has 0 radical (unpaired) electrons. The summed E-state index contributed by atoms with van der Waals surface area (Å²) < 4.78 is 5.32. The van der Waals surface area contributed by atoms with Crippen molar-refractivity contribution in [3.05, 3.63) is 59.7 Å². The molecule has 0 atom stereocenters. The highest BCUT2D eigenvalue weighted by Crippen LogP contribution is 2.31. The number of methoxy groups -OCH3 is 1. The fraction of sp³-hybridized carbons (Fsp3) is 0.133. The number of thioether (sulfide) groups is 1. The first-order valence-corrected chi connectivity index (χ1v) is 6.89. The van der Waals surface area contributed by atoms with E-state index >= 15 is 0 Å². The van der Waals surface area contributed by atoms with E-state index in [-0.39, 0.29) is 5.84 Å². The van der Waals surface area contributed by atoms with Crippen LogP contribution < -0.4 is 10.5 Å². The summed E-state index contributed by atoms with van der Waals surface area (Å²) in [6.07, 6.45) is 0. The molecular formula is C15H16N2OS. The predicted molar refractivity (Wildman–Crippen MR) is 80.0 cm³/mol. The van der Waals surface area contributed by atoms with Gasteiger partial charge in [0.2, 0.25) is 0 Å². The molecule has 3 nitrogen and oxygen atoms in total. The second kappa shape index (κ2) is 6.29. The summed E-state index contributed by atoms with van der Waals surface area (Å²) in [6, 6.07) is 15.6. The molecule has 2 aromatic rings. The Morgan fingerprint density at radius 3 is 2.58 bits per heavy atom. The van der Waals surface area contributed by atoms with E-state index in [0.717, 1.165) is 27.5 Å². The Kier molecular flexibility index (Phi) is 4.47.